The van der Waals surface area contributed by atoms with Crippen LogP contribution in [-0.4, -0.2) is 49.5 Å². The number of fused-ring (bicyclic) bond motifs is 7. The molecule has 0 atom stereocenters. The second kappa shape index (κ2) is 17.6. The minimum atomic E-state index is -0.833. The van der Waals surface area contributed by atoms with Crippen LogP contribution in [0, 0.1) is 43.8 Å². The van der Waals surface area contributed by atoms with Crippen LogP contribution in [0.3, 0.4) is 0 Å². The second-order valence-corrected chi connectivity index (χ2v) is 11.1. The number of hydrogen-bond donors (Lipinski definition) is 3. The van der Waals surface area contributed by atoms with Crippen molar-refractivity contribution >= 4 is 50.2 Å². The second-order valence-electron chi connectivity index (χ2n) is 11.1. The molecule has 257 valence electrons. The average Bonchev–Trinajstić information content (AvgIpc) is 3.66. The molecule has 0 aliphatic carbocycles. The van der Waals surface area contributed by atoms with E-state index in [1.165, 1.54) is 0 Å². The standard InChI is InChI=1S/C34H38N5O3.C2H4O2.Lu/c1-5-22-23(6-2)32-34(42)33-25(12-10-16-41)21(4)31(39-33)19-36-27-14-8-7-13-26(27)35-18-30-20(3)24(11-9-15-40)29(37-30)17-28(22)38-32;1-2(3)4;/h7-8,13-14,17-19,40-41H,5-6,9-12,15-16H2,1-4H3,(H-,35,36,37,38,39,42);1H3,(H,3,4);/q-1;;/p-1. The smallest absolute Gasteiger partial charge is 0.300 e. The summed E-state index contributed by atoms with van der Waals surface area (Å²) >= 11 is 0. The minimum absolute atomic E-state index is 0. The first-order chi connectivity index (χ1) is 22.1. The van der Waals surface area contributed by atoms with Gasteiger partial charge in [-0.05, 0) is 75.7 Å². The number of hydrogen-bond acceptors (Lipinski definition) is 7. The van der Waals surface area contributed by atoms with Gasteiger partial charge in [0.05, 0.1) is 28.6 Å². The summed E-state index contributed by atoms with van der Waals surface area (Å²) < 4.78 is 0. The molecule has 1 aliphatic heterocycles. The van der Waals surface area contributed by atoms with E-state index in [2.05, 4.69) is 6.92 Å². The third-order valence-electron chi connectivity index (χ3n) is 8.05. The van der Waals surface area contributed by atoms with Crippen LogP contribution in [0.1, 0.15) is 80.6 Å². The summed E-state index contributed by atoms with van der Waals surface area (Å²) in [5.41, 5.74) is 10.5. The SMILES string of the molecule is CC(=O)O.CCc1c(CC)c2[n-]c1cc1nc(cnc3ccccc3ncc3[n-]c(c(CCCO)c3C)c2=O)C(C)=C1CCCO.[Lu]. The molecule has 4 aromatic rings. The summed E-state index contributed by atoms with van der Waals surface area (Å²) in [4.78, 5) is 47.4. The van der Waals surface area contributed by atoms with Crippen LogP contribution in [0.25, 0.3) is 44.2 Å². The fraction of sp³-hybridized carbons (Fsp3) is 0.361. The van der Waals surface area contributed by atoms with Crippen LogP contribution in [0.2, 0.25) is 0 Å². The van der Waals surface area contributed by atoms with E-state index in [0.29, 0.717) is 59.7 Å². The largest absolute Gasteiger partial charge is 0.654 e. The van der Waals surface area contributed by atoms with Crippen molar-refractivity contribution in [1.29, 1.82) is 0 Å². The van der Waals surface area contributed by atoms with E-state index in [1.807, 2.05) is 51.1 Å². The summed E-state index contributed by atoms with van der Waals surface area (Å²) in [5.74, 6) is -0.833. The van der Waals surface area contributed by atoms with Crippen molar-refractivity contribution in [1.82, 2.24) is 24.9 Å². The van der Waals surface area contributed by atoms with E-state index >= 15 is 0 Å². The topological polar surface area (TPSA) is 162 Å². The van der Waals surface area contributed by atoms with Crippen molar-refractivity contribution in [2.75, 3.05) is 13.2 Å². The summed E-state index contributed by atoms with van der Waals surface area (Å²) in [6, 6.07) is 9.58. The number of carbonyl (C=O) groups is 1. The molecule has 11 heteroatoms. The first-order valence-electron chi connectivity index (χ1n) is 15.6. The molecule has 1 radical (unpaired) electrons. The number of rotatable bonds is 8. The summed E-state index contributed by atoms with van der Waals surface area (Å²) in [5, 5.41) is 26.6. The molecular weight excluding hydrogens is 757 g/mol. The van der Waals surface area contributed by atoms with Gasteiger partial charge in [0.1, 0.15) is 5.43 Å². The van der Waals surface area contributed by atoms with Gasteiger partial charge in [0.15, 0.2) is 0 Å². The number of aryl methyl sites for hydroxylation is 4. The van der Waals surface area contributed by atoms with Crippen molar-refractivity contribution < 1.29 is 57.0 Å². The van der Waals surface area contributed by atoms with Gasteiger partial charge in [0.2, 0.25) is 0 Å². The zero-order chi connectivity index (χ0) is 33.4. The Balaban J connectivity index is 0.00000114. The first kappa shape index (κ1) is 38.0. The van der Waals surface area contributed by atoms with Crippen molar-refractivity contribution in [2.45, 2.75) is 73.1 Å². The van der Waals surface area contributed by atoms with Crippen molar-refractivity contribution in [3.05, 3.63) is 86.6 Å². The monoisotopic (exact) mass is 798 g/mol. The van der Waals surface area contributed by atoms with E-state index in [0.717, 1.165) is 63.6 Å². The number of aliphatic hydroxyl groups excluding tert-OH is 2. The molecule has 0 saturated heterocycles. The van der Waals surface area contributed by atoms with Crippen molar-refractivity contribution in [3.8, 4) is 0 Å². The first-order valence-corrected chi connectivity index (χ1v) is 15.6. The fourth-order valence-corrected chi connectivity index (χ4v) is 5.74. The van der Waals surface area contributed by atoms with Crippen molar-refractivity contribution in [2.24, 2.45) is 0 Å². The summed E-state index contributed by atoms with van der Waals surface area (Å²) in [6.45, 7) is 9.28. The zero-order valence-corrected chi connectivity index (χ0v) is 29.0. The molecule has 4 heterocycles. The Hall–Kier alpha value is -3.44. The summed E-state index contributed by atoms with van der Waals surface area (Å²) in [7, 11) is 0. The number of carboxylic acid groups (broad SMARTS) is 1. The van der Waals surface area contributed by atoms with Crippen molar-refractivity contribution in [3.63, 3.8) is 0 Å². The predicted octanol–water partition coefficient (Wildman–Crippen LogP) is 5.32. The van der Waals surface area contributed by atoms with Crippen LogP contribution < -0.4 is 15.4 Å². The number of aliphatic carboxylic acids is 1. The molecule has 5 rings (SSSR count). The van der Waals surface area contributed by atoms with Crippen LogP contribution in [0.15, 0.2) is 47.5 Å². The minimum Gasteiger partial charge on any atom is -0.654 e. The van der Waals surface area contributed by atoms with Crippen LogP contribution in [-0.2, 0) is 24.1 Å². The van der Waals surface area contributed by atoms with Gasteiger partial charge in [-0.15, -0.1) is 11.0 Å². The van der Waals surface area contributed by atoms with Crippen LogP contribution >= 0.6 is 0 Å². The van der Waals surface area contributed by atoms with Gasteiger partial charge in [-0.1, -0.05) is 65.3 Å². The Morgan fingerprint density at radius 3 is 1.96 bits per heavy atom. The maximum atomic E-state index is 14.2. The molecule has 3 aromatic heterocycles. The van der Waals surface area contributed by atoms with E-state index in [-0.39, 0.29) is 55.5 Å². The number of allylic oxidation sites excluding steroid dienone is 2. The molecule has 0 unspecified atom stereocenters. The molecule has 10 nitrogen and oxygen atoms in total. The van der Waals surface area contributed by atoms with Gasteiger partial charge in [-0.25, -0.2) is 4.98 Å². The molecule has 0 fully saturated rings. The van der Waals surface area contributed by atoms with E-state index < -0.39 is 5.97 Å². The fourth-order valence-electron chi connectivity index (χ4n) is 5.74. The van der Waals surface area contributed by atoms with Gasteiger partial charge in [-0.2, -0.15) is 0 Å². The van der Waals surface area contributed by atoms with E-state index in [9.17, 15) is 15.0 Å². The molecule has 47 heavy (non-hydrogen) atoms. The Labute approximate surface area is 303 Å². The molecule has 3 N–H and O–H groups in total. The third-order valence-corrected chi connectivity index (χ3v) is 8.05. The van der Waals surface area contributed by atoms with Gasteiger partial charge in [-0.3, -0.25) is 19.6 Å². The Morgan fingerprint density at radius 1 is 0.809 bits per heavy atom. The summed E-state index contributed by atoms with van der Waals surface area (Å²) in [6.07, 6.45) is 7.16. The van der Waals surface area contributed by atoms with Gasteiger partial charge < -0.3 is 25.3 Å². The number of carboxylic acids is 1. The Kier molecular flexibility index (Phi) is 14.3. The molecule has 0 saturated carbocycles. The number of aromatic nitrogens is 5. The maximum Gasteiger partial charge on any atom is 0.300 e. The van der Waals surface area contributed by atoms with Crippen LogP contribution in [0.4, 0.5) is 0 Å². The van der Waals surface area contributed by atoms with Gasteiger partial charge in [0, 0.05) is 63.2 Å². The number of benzene rings is 1. The van der Waals surface area contributed by atoms with Gasteiger partial charge in [0.25, 0.3) is 5.97 Å². The molecule has 0 amide bonds. The molecule has 1 aliphatic rings. The number of nitrogens with zero attached hydrogens (tertiary/aromatic N) is 5. The predicted molar refractivity (Wildman–Crippen MR) is 182 cm³/mol. The van der Waals surface area contributed by atoms with E-state index in [4.69, 9.17) is 34.8 Å². The number of aliphatic hydroxyl groups is 2. The normalized spacial score (nSPS) is 11.6. The van der Waals surface area contributed by atoms with Crippen LogP contribution in [0.5, 0.6) is 0 Å². The molecule has 0 spiro atoms. The average molecular weight is 799 g/mol. The molecule has 6 bridgehead atoms. The number of para-hydroxylation sites is 2. The maximum absolute atomic E-state index is 14.2. The van der Waals surface area contributed by atoms with E-state index in [1.54, 1.807) is 12.4 Å². The quantitative estimate of drug-likeness (QED) is 0.213. The zero-order valence-electron chi connectivity index (χ0n) is 27.4. The Bertz CT molecular complexity index is 1990. The Morgan fingerprint density at radius 2 is 1.36 bits per heavy atom. The molecular formula is C36H41LuN5O5-2. The third kappa shape index (κ3) is 8.73. The van der Waals surface area contributed by atoms with Gasteiger partial charge >= 0.3 is 0 Å². The molecule has 1 aromatic carbocycles.